The van der Waals surface area contributed by atoms with Gasteiger partial charge in [0.05, 0.1) is 30.4 Å². The summed E-state index contributed by atoms with van der Waals surface area (Å²) in [6.07, 6.45) is 7.90. The molecule has 0 aromatic carbocycles. The fourth-order valence-corrected chi connectivity index (χ4v) is 2.14. The van der Waals surface area contributed by atoms with Gasteiger partial charge in [-0.1, -0.05) is 6.08 Å². The summed E-state index contributed by atoms with van der Waals surface area (Å²) < 4.78 is 7.60. The van der Waals surface area contributed by atoms with Crippen molar-refractivity contribution in [3.8, 4) is 0 Å². The first-order valence-corrected chi connectivity index (χ1v) is 6.02. The van der Waals surface area contributed by atoms with Crippen molar-refractivity contribution in [1.29, 1.82) is 0 Å². The molecule has 1 aliphatic carbocycles. The van der Waals surface area contributed by atoms with Crippen LogP contribution >= 0.6 is 24.8 Å². The highest BCUT2D eigenvalue weighted by atomic mass is 35.5. The Morgan fingerprint density at radius 3 is 2.68 bits per heavy atom. The first-order valence-electron chi connectivity index (χ1n) is 6.02. The Bertz CT molecular complexity index is 429. The third-order valence-corrected chi connectivity index (χ3v) is 3.29. The Morgan fingerprint density at radius 1 is 1.47 bits per heavy atom. The molecule has 1 atom stereocenters. The summed E-state index contributed by atoms with van der Waals surface area (Å²) in [5.74, 6) is 0. The molecule has 4 nitrogen and oxygen atoms in total. The molecule has 1 aromatic heterocycles. The van der Waals surface area contributed by atoms with E-state index in [1.165, 1.54) is 11.3 Å². The molecule has 0 aliphatic heterocycles. The van der Waals surface area contributed by atoms with Gasteiger partial charge < -0.3 is 15.0 Å². The van der Waals surface area contributed by atoms with Crippen LogP contribution in [0.4, 0.5) is 0 Å². The fraction of sp³-hybridized carbons (Fsp3) is 0.615. The number of ether oxygens (including phenoxy) is 1. The molecular weight excluding hydrogens is 285 g/mol. The van der Waals surface area contributed by atoms with Crippen LogP contribution in [-0.2, 0) is 11.3 Å². The lowest BCUT2D eigenvalue weighted by molar-refractivity contribution is 0.00797. The van der Waals surface area contributed by atoms with E-state index in [2.05, 4.69) is 29.5 Å². The predicted octanol–water partition coefficient (Wildman–Crippen LogP) is 2.66. The van der Waals surface area contributed by atoms with Gasteiger partial charge in [-0.15, -0.1) is 24.8 Å². The molecule has 2 N–H and O–H groups in total. The number of halogens is 2. The number of nitrogens with two attached hydrogens (primary N) is 1. The molecule has 0 radical (unpaired) electrons. The molecule has 0 saturated carbocycles. The Morgan fingerprint density at radius 2 is 2.16 bits per heavy atom. The second kappa shape index (κ2) is 7.29. The van der Waals surface area contributed by atoms with Crippen LogP contribution in [0, 0.1) is 0 Å². The highest BCUT2D eigenvalue weighted by Gasteiger charge is 2.22. The van der Waals surface area contributed by atoms with Crippen molar-refractivity contribution in [2.45, 2.75) is 44.9 Å². The second-order valence-electron chi connectivity index (χ2n) is 5.30. The van der Waals surface area contributed by atoms with E-state index in [4.69, 9.17) is 10.5 Å². The lowest BCUT2D eigenvalue weighted by Gasteiger charge is -2.24. The van der Waals surface area contributed by atoms with E-state index in [9.17, 15) is 0 Å². The van der Waals surface area contributed by atoms with Crippen molar-refractivity contribution in [1.82, 2.24) is 9.55 Å². The van der Waals surface area contributed by atoms with Crippen molar-refractivity contribution in [3.63, 3.8) is 0 Å². The molecule has 6 heteroatoms. The molecule has 0 fully saturated rings. The van der Waals surface area contributed by atoms with Crippen LogP contribution in [0.3, 0.4) is 0 Å². The molecule has 1 aromatic rings. The fourth-order valence-electron chi connectivity index (χ4n) is 2.14. The van der Waals surface area contributed by atoms with Gasteiger partial charge in [0.2, 0.25) is 0 Å². The zero-order valence-electron chi connectivity index (χ0n) is 11.6. The highest BCUT2D eigenvalue weighted by Crippen LogP contribution is 2.27. The number of imidazole rings is 1. The Hall–Kier alpha value is -0.550. The first-order chi connectivity index (χ1) is 8.02. The van der Waals surface area contributed by atoms with Gasteiger partial charge in [-0.2, -0.15) is 0 Å². The second-order valence-corrected chi connectivity index (χ2v) is 5.30. The van der Waals surface area contributed by atoms with Gasteiger partial charge in [-0.25, -0.2) is 4.98 Å². The summed E-state index contributed by atoms with van der Waals surface area (Å²) in [7, 11) is 1.74. The van der Waals surface area contributed by atoms with Gasteiger partial charge in [0, 0.05) is 13.2 Å². The highest BCUT2D eigenvalue weighted by molar-refractivity contribution is 5.85. The van der Waals surface area contributed by atoms with Crippen LogP contribution in [0.5, 0.6) is 0 Å². The molecule has 2 rings (SSSR count). The minimum Gasteiger partial charge on any atom is -0.377 e. The largest absolute Gasteiger partial charge is 0.377 e. The molecule has 0 bridgehead atoms. The molecule has 110 valence electrons. The normalized spacial score (nSPS) is 18.5. The van der Waals surface area contributed by atoms with Gasteiger partial charge in [0.1, 0.15) is 0 Å². The summed E-state index contributed by atoms with van der Waals surface area (Å²) in [6, 6.07) is 0.267. The summed E-state index contributed by atoms with van der Waals surface area (Å²) in [4.78, 5) is 4.24. The standard InChI is InChI=1S/C13H21N3O.2ClH/c1-13(2,17-3)8-16-9-15-7-12(16)10-4-5-11(14)6-10;;/h4,7,9,11H,5-6,8,14H2,1-3H3;2*1H. The lowest BCUT2D eigenvalue weighted by Crippen LogP contribution is -2.29. The van der Waals surface area contributed by atoms with Crippen LogP contribution in [0.1, 0.15) is 32.4 Å². The van der Waals surface area contributed by atoms with E-state index in [1.54, 1.807) is 7.11 Å². The van der Waals surface area contributed by atoms with Crippen LogP contribution in [0.2, 0.25) is 0 Å². The maximum atomic E-state index is 5.93. The van der Waals surface area contributed by atoms with Crippen LogP contribution in [0.15, 0.2) is 18.6 Å². The van der Waals surface area contributed by atoms with Crippen molar-refractivity contribution in [3.05, 3.63) is 24.3 Å². The number of rotatable bonds is 4. The minimum atomic E-state index is -0.184. The van der Waals surface area contributed by atoms with E-state index < -0.39 is 0 Å². The summed E-state index contributed by atoms with van der Waals surface area (Å²) >= 11 is 0. The summed E-state index contributed by atoms with van der Waals surface area (Å²) in [5, 5.41) is 0. The Kier molecular flexibility index (Phi) is 7.08. The number of aromatic nitrogens is 2. The number of nitrogens with zero attached hydrogens (tertiary/aromatic N) is 2. The van der Waals surface area contributed by atoms with E-state index in [1.807, 2.05) is 12.5 Å². The Balaban J connectivity index is 0.00000162. The number of hydrogen-bond acceptors (Lipinski definition) is 3. The SMILES string of the molecule is COC(C)(C)Cn1cncc1C1=CCC(N)C1.Cl.Cl. The van der Waals surface area contributed by atoms with E-state index in [0.717, 1.165) is 19.4 Å². The quantitative estimate of drug-likeness (QED) is 0.930. The number of hydrogen-bond donors (Lipinski definition) is 1. The summed E-state index contributed by atoms with van der Waals surface area (Å²) in [5.41, 5.74) is 8.22. The molecule has 0 spiro atoms. The molecule has 1 heterocycles. The van der Waals surface area contributed by atoms with Crippen LogP contribution in [0.25, 0.3) is 5.57 Å². The van der Waals surface area contributed by atoms with Crippen LogP contribution in [-0.4, -0.2) is 28.3 Å². The van der Waals surface area contributed by atoms with Gasteiger partial charge in [-0.3, -0.25) is 0 Å². The van der Waals surface area contributed by atoms with Gasteiger partial charge in [0.15, 0.2) is 0 Å². The van der Waals surface area contributed by atoms with Crippen molar-refractivity contribution in [2.24, 2.45) is 5.73 Å². The predicted molar refractivity (Wildman–Crippen MR) is 83.0 cm³/mol. The third-order valence-electron chi connectivity index (χ3n) is 3.29. The topological polar surface area (TPSA) is 53.1 Å². The van der Waals surface area contributed by atoms with E-state index >= 15 is 0 Å². The maximum Gasteiger partial charge on any atom is 0.0951 e. The van der Waals surface area contributed by atoms with Crippen molar-refractivity contribution >= 4 is 30.4 Å². The smallest absolute Gasteiger partial charge is 0.0951 e. The van der Waals surface area contributed by atoms with Gasteiger partial charge in [0.25, 0.3) is 0 Å². The van der Waals surface area contributed by atoms with Gasteiger partial charge in [-0.05, 0) is 32.3 Å². The molecule has 0 amide bonds. The van der Waals surface area contributed by atoms with Crippen molar-refractivity contribution < 1.29 is 4.74 Å². The number of methoxy groups -OCH3 is 1. The molecule has 1 unspecified atom stereocenters. The monoisotopic (exact) mass is 307 g/mol. The first kappa shape index (κ1) is 18.4. The van der Waals surface area contributed by atoms with E-state index in [0.29, 0.717) is 0 Å². The zero-order valence-corrected chi connectivity index (χ0v) is 13.3. The van der Waals surface area contributed by atoms with Crippen LogP contribution < -0.4 is 5.73 Å². The zero-order chi connectivity index (χ0) is 12.5. The minimum absolute atomic E-state index is 0. The molecule has 0 saturated heterocycles. The average Bonchev–Trinajstić information content (AvgIpc) is 2.86. The van der Waals surface area contributed by atoms with Crippen molar-refractivity contribution in [2.75, 3.05) is 7.11 Å². The van der Waals surface area contributed by atoms with Gasteiger partial charge >= 0.3 is 0 Å². The summed E-state index contributed by atoms with van der Waals surface area (Å²) in [6.45, 7) is 4.95. The molecular formula is C13H23Cl2N3O. The third kappa shape index (κ3) is 4.49. The average molecular weight is 308 g/mol. The molecule has 1 aliphatic rings. The maximum absolute atomic E-state index is 5.93. The molecule has 19 heavy (non-hydrogen) atoms. The lowest BCUT2D eigenvalue weighted by atomic mass is 10.1. The van der Waals surface area contributed by atoms with E-state index in [-0.39, 0.29) is 36.5 Å². The Labute approximate surface area is 127 Å².